The Morgan fingerprint density at radius 1 is 1.05 bits per heavy atom. The van der Waals surface area contributed by atoms with Gasteiger partial charge in [-0.25, -0.2) is 9.97 Å². The van der Waals surface area contributed by atoms with Crippen molar-refractivity contribution in [1.29, 1.82) is 0 Å². The summed E-state index contributed by atoms with van der Waals surface area (Å²) >= 11 is 1.82. The topological polar surface area (TPSA) is 29.0 Å². The molecular formula is C18H17N3S. The summed E-state index contributed by atoms with van der Waals surface area (Å²) in [6.45, 7) is 3.95. The summed E-state index contributed by atoms with van der Waals surface area (Å²) < 4.78 is 0. The van der Waals surface area contributed by atoms with Crippen molar-refractivity contribution in [2.45, 2.75) is 13.3 Å². The van der Waals surface area contributed by atoms with Gasteiger partial charge in [-0.3, -0.25) is 0 Å². The molecule has 0 N–H and O–H groups in total. The van der Waals surface area contributed by atoms with Gasteiger partial charge in [0, 0.05) is 18.0 Å². The van der Waals surface area contributed by atoms with Gasteiger partial charge in [-0.05, 0) is 42.5 Å². The largest absolute Gasteiger partial charge is 0.351 e. The Hall–Kier alpha value is -2.20. The lowest BCUT2D eigenvalue weighted by atomic mass is 10.1. The Morgan fingerprint density at radius 3 is 2.55 bits per heavy atom. The van der Waals surface area contributed by atoms with E-state index in [0.29, 0.717) is 0 Å². The quantitative estimate of drug-likeness (QED) is 0.707. The van der Waals surface area contributed by atoms with Crippen LogP contribution in [0.2, 0.25) is 0 Å². The molecule has 0 spiro atoms. The standard InChI is InChI=1S/C18H17N3S/c1-13-18(20-16-6-3-2-5-15(16)19-13)21-10-8-14(9-11-21)17-7-4-12-22-17/h2-8,12H,9-11H2,1H3. The number of benzene rings is 1. The molecule has 0 saturated carbocycles. The van der Waals surface area contributed by atoms with E-state index in [0.717, 1.165) is 42.1 Å². The first-order chi connectivity index (χ1) is 10.8. The number of rotatable bonds is 2. The van der Waals surface area contributed by atoms with E-state index in [4.69, 9.17) is 9.97 Å². The molecule has 4 rings (SSSR count). The molecule has 22 heavy (non-hydrogen) atoms. The normalized spacial score (nSPS) is 15.1. The number of nitrogens with zero attached hydrogens (tertiary/aromatic N) is 3. The molecule has 0 aliphatic carbocycles. The summed E-state index contributed by atoms with van der Waals surface area (Å²) in [5.74, 6) is 1.01. The van der Waals surface area contributed by atoms with Crippen LogP contribution in [0.3, 0.4) is 0 Å². The van der Waals surface area contributed by atoms with Gasteiger partial charge in [-0.15, -0.1) is 11.3 Å². The SMILES string of the molecule is Cc1nc2ccccc2nc1N1CC=C(c2cccs2)CC1. The number of anilines is 1. The average Bonchev–Trinajstić information content (AvgIpc) is 3.09. The van der Waals surface area contributed by atoms with Crippen LogP contribution in [0.5, 0.6) is 0 Å². The molecular weight excluding hydrogens is 290 g/mol. The number of hydrogen-bond acceptors (Lipinski definition) is 4. The number of para-hydroxylation sites is 2. The summed E-state index contributed by atoms with van der Waals surface area (Å²) in [6, 6.07) is 12.4. The van der Waals surface area contributed by atoms with Crippen molar-refractivity contribution in [3.05, 3.63) is 58.4 Å². The fraction of sp³-hybridized carbons (Fsp3) is 0.222. The van der Waals surface area contributed by atoms with E-state index in [1.54, 1.807) is 0 Å². The minimum absolute atomic E-state index is 0.904. The van der Waals surface area contributed by atoms with Crippen LogP contribution < -0.4 is 4.90 Å². The lowest BCUT2D eigenvalue weighted by molar-refractivity contribution is 0.811. The molecule has 1 aliphatic heterocycles. The third-order valence-corrected chi connectivity index (χ3v) is 5.01. The molecule has 0 radical (unpaired) electrons. The van der Waals surface area contributed by atoms with E-state index in [1.165, 1.54) is 10.5 Å². The summed E-state index contributed by atoms with van der Waals surface area (Å²) in [4.78, 5) is 13.2. The third-order valence-electron chi connectivity index (χ3n) is 4.07. The Balaban J connectivity index is 1.65. The van der Waals surface area contributed by atoms with Gasteiger partial charge in [0.15, 0.2) is 5.82 Å². The monoisotopic (exact) mass is 307 g/mol. The van der Waals surface area contributed by atoms with Crippen LogP contribution in [0.4, 0.5) is 5.82 Å². The molecule has 3 nitrogen and oxygen atoms in total. The zero-order valence-corrected chi connectivity index (χ0v) is 13.3. The van der Waals surface area contributed by atoms with Crippen molar-refractivity contribution in [1.82, 2.24) is 9.97 Å². The molecule has 0 bridgehead atoms. The molecule has 3 heterocycles. The molecule has 3 aromatic rings. The summed E-state index contributed by atoms with van der Waals surface area (Å²) in [6.07, 6.45) is 3.39. The summed E-state index contributed by atoms with van der Waals surface area (Å²) in [5.41, 5.74) is 4.40. The molecule has 0 unspecified atom stereocenters. The predicted octanol–water partition coefficient (Wildman–Crippen LogP) is 4.29. The highest BCUT2D eigenvalue weighted by atomic mass is 32.1. The Labute approximate surface area is 134 Å². The number of fused-ring (bicyclic) bond motifs is 1. The predicted molar refractivity (Wildman–Crippen MR) is 93.4 cm³/mol. The molecule has 0 atom stereocenters. The van der Waals surface area contributed by atoms with Gasteiger partial charge in [-0.1, -0.05) is 24.3 Å². The number of thiophene rings is 1. The van der Waals surface area contributed by atoms with Crippen LogP contribution in [-0.2, 0) is 0 Å². The highest BCUT2D eigenvalue weighted by molar-refractivity contribution is 7.11. The Morgan fingerprint density at radius 2 is 1.86 bits per heavy atom. The van der Waals surface area contributed by atoms with Crippen LogP contribution in [0.15, 0.2) is 47.9 Å². The zero-order valence-electron chi connectivity index (χ0n) is 12.5. The first kappa shape index (κ1) is 13.5. The van der Waals surface area contributed by atoms with E-state index in [2.05, 4.69) is 28.5 Å². The number of hydrogen-bond donors (Lipinski definition) is 0. The fourth-order valence-electron chi connectivity index (χ4n) is 2.93. The number of aromatic nitrogens is 2. The van der Waals surface area contributed by atoms with Gasteiger partial charge in [0.1, 0.15) is 0 Å². The number of aryl methyl sites for hydroxylation is 1. The second-order valence-electron chi connectivity index (χ2n) is 5.52. The minimum Gasteiger partial charge on any atom is -0.351 e. The van der Waals surface area contributed by atoms with Crippen molar-refractivity contribution in [2.75, 3.05) is 18.0 Å². The smallest absolute Gasteiger partial charge is 0.151 e. The van der Waals surface area contributed by atoms with E-state index >= 15 is 0 Å². The third kappa shape index (κ3) is 2.40. The molecule has 1 aliphatic rings. The lowest BCUT2D eigenvalue weighted by Gasteiger charge is -2.28. The molecule has 4 heteroatoms. The fourth-order valence-corrected chi connectivity index (χ4v) is 3.72. The average molecular weight is 307 g/mol. The van der Waals surface area contributed by atoms with Gasteiger partial charge in [0.25, 0.3) is 0 Å². The van der Waals surface area contributed by atoms with E-state index in [9.17, 15) is 0 Å². The van der Waals surface area contributed by atoms with Gasteiger partial charge in [0.2, 0.25) is 0 Å². The van der Waals surface area contributed by atoms with Crippen molar-refractivity contribution in [3.63, 3.8) is 0 Å². The van der Waals surface area contributed by atoms with Crippen molar-refractivity contribution in [3.8, 4) is 0 Å². The minimum atomic E-state index is 0.904. The second-order valence-corrected chi connectivity index (χ2v) is 6.47. The summed E-state index contributed by atoms with van der Waals surface area (Å²) in [7, 11) is 0. The summed E-state index contributed by atoms with van der Waals surface area (Å²) in [5, 5.41) is 2.14. The van der Waals surface area contributed by atoms with Crippen LogP contribution in [0, 0.1) is 6.92 Å². The highest BCUT2D eigenvalue weighted by Gasteiger charge is 2.17. The van der Waals surface area contributed by atoms with E-state index in [-0.39, 0.29) is 0 Å². The maximum absolute atomic E-state index is 4.82. The maximum atomic E-state index is 4.82. The molecule has 1 aromatic carbocycles. The van der Waals surface area contributed by atoms with Crippen molar-refractivity contribution < 1.29 is 0 Å². The highest BCUT2D eigenvalue weighted by Crippen LogP contribution is 2.29. The maximum Gasteiger partial charge on any atom is 0.151 e. The first-order valence-corrected chi connectivity index (χ1v) is 8.40. The van der Waals surface area contributed by atoms with Crippen LogP contribution >= 0.6 is 11.3 Å². The van der Waals surface area contributed by atoms with Crippen LogP contribution in [-0.4, -0.2) is 23.1 Å². The molecule has 0 saturated heterocycles. The molecule has 110 valence electrons. The second kappa shape index (κ2) is 5.54. The Bertz CT molecular complexity index is 837. The lowest BCUT2D eigenvalue weighted by Crippen LogP contribution is -2.29. The van der Waals surface area contributed by atoms with Gasteiger partial charge in [-0.2, -0.15) is 0 Å². The van der Waals surface area contributed by atoms with Gasteiger partial charge >= 0.3 is 0 Å². The zero-order chi connectivity index (χ0) is 14.9. The van der Waals surface area contributed by atoms with Crippen molar-refractivity contribution in [2.24, 2.45) is 0 Å². The molecule has 0 fully saturated rings. The van der Waals surface area contributed by atoms with Crippen LogP contribution in [0.25, 0.3) is 16.6 Å². The molecule has 0 amide bonds. The molecule has 2 aromatic heterocycles. The first-order valence-electron chi connectivity index (χ1n) is 7.52. The van der Waals surface area contributed by atoms with Crippen molar-refractivity contribution >= 4 is 33.8 Å². The van der Waals surface area contributed by atoms with Gasteiger partial charge in [0.05, 0.1) is 16.7 Å². The van der Waals surface area contributed by atoms with Crippen LogP contribution in [0.1, 0.15) is 17.0 Å². The Kier molecular flexibility index (Phi) is 3.39. The van der Waals surface area contributed by atoms with E-state index in [1.807, 2.05) is 42.5 Å². The van der Waals surface area contributed by atoms with E-state index < -0.39 is 0 Å². The van der Waals surface area contributed by atoms with Gasteiger partial charge < -0.3 is 4.90 Å².